The molecule has 2 rings (SSSR count). The van der Waals surface area contributed by atoms with Crippen molar-refractivity contribution in [2.24, 2.45) is 0 Å². The standard InChI is InChI=1S/C12H13FN2S/c1-8-6-9(2-3-10(8)13)11-7-14-12(15-11)4-5-16/h2-3,6-7,16H,4-5H2,1H3,(H,14,15). The van der Waals surface area contributed by atoms with Gasteiger partial charge in [-0.05, 0) is 36.4 Å². The summed E-state index contributed by atoms with van der Waals surface area (Å²) in [7, 11) is 0. The van der Waals surface area contributed by atoms with Crippen LogP contribution in [0.3, 0.4) is 0 Å². The number of hydrogen-bond acceptors (Lipinski definition) is 2. The molecular formula is C12H13FN2S. The third kappa shape index (κ3) is 2.27. The van der Waals surface area contributed by atoms with E-state index in [9.17, 15) is 4.39 Å². The lowest BCUT2D eigenvalue weighted by molar-refractivity contribution is 0.619. The van der Waals surface area contributed by atoms with Gasteiger partial charge in [-0.15, -0.1) is 0 Å². The second-order valence-electron chi connectivity index (χ2n) is 3.68. The van der Waals surface area contributed by atoms with Crippen LogP contribution in [-0.2, 0) is 6.42 Å². The Morgan fingerprint density at radius 3 is 2.94 bits per heavy atom. The van der Waals surface area contributed by atoms with Crippen LogP contribution in [0.15, 0.2) is 24.4 Å². The second kappa shape index (κ2) is 4.70. The maximum Gasteiger partial charge on any atom is 0.126 e. The maximum absolute atomic E-state index is 13.1. The highest BCUT2D eigenvalue weighted by Crippen LogP contribution is 2.20. The average molecular weight is 236 g/mol. The molecular weight excluding hydrogens is 223 g/mol. The van der Waals surface area contributed by atoms with E-state index in [1.165, 1.54) is 6.07 Å². The molecule has 0 aliphatic rings. The number of hydrogen-bond donors (Lipinski definition) is 2. The van der Waals surface area contributed by atoms with Crippen molar-refractivity contribution in [2.75, 3.05) is 5.75 Å². The van der Waals surface area contributed by atoms with Crippen LogP contribution in [0.25, 0.3) is 11.3 Å². The van der Waals surface area contributed by atoms with Crippen LogP contribution in [0.1, 0.15) is 11.4 Å². The molecule has 4 heteroatoms. The molecule has 0 amide bonds. The average Bonchev–Trinajstić information content (AvgIpc) is 2.71. The molecule has 84 valence electrons. The van der Waals surface area contributed by atoms with Gasteiger partial charge in [0, 0.05) is 12.0 Å². The highest BCUT2D eigenvalue weighted by Gasteiger charge is 2.04. The van der Waals surface area contributed by atoms with Gasteiger partial charge >= 0.3 is 0 Å². The van der Waals surface area contributed by atoms with Gasteiger partial charge in [-0.25, -0.2) is 9.37 Å². The van der Waals surface area contributed by atoms with Crippen molar-refractivity contribution in [3.8, 4) is 11.3 Å². The first-order chi connectivity index (χ1) is 7.70. The third-order valence-electron chi connectivity index (χ3n) is 2.45. The summed E-state index contributed by atoms with van der Waals surface area (Å²) in [5.41, 5.74) is 2.51. The number of benzene rings is 1. The molecule has 1 aromatic heterocycles. The smallest absolute Gasteiger partial charge is 0.126 e. The highest BCUT2D eigenvalue weighted by molar-refractivity contribution is 7.80. The minimum absolute atomic E-state index is 0.182. The lowest BCUT2D eigenvalue weighted by Crippen LogP contribution is -1.89. The summed E-state index contributed by atoms with van der Waals surface area (Å²) in [6, 6.07) is 5.04. The van der Waals surface area contributed by atoms with Gasteiger partial charge in [0.2, 0.25) is 0 Å². The monoisotopic (exact) mass is 236 g/mol. The first kappa shape index (κ1) is 11.2. The highest BCUT2D eigenvalue weighted by atomic mass is 32.1. The molecule has 0 unspecified atom stereocenters. The Labute approximate surface area is 99.3 Å². The second-order valence-corrected chi connectivity index (χ2v) is 4.13. The molecule has 1 heterocycles. The molecule has 1 N–H and O–H groups in total. The molecule has 0 bridgehead atoms. The Bertz CT molecular complexity index is 494. The molecule has 16 heavy (non-hydrogen) atoms. The zero-order valence-electron chi connectivity index (χ0n) is 9.00. The maximum atomic E-state index is 13.1. The molecule has 2 nitrogen and oxygen atoms in total. The fraction of sp³-hybridized carbons (Fsp3) is 0.250. The number of aryl methyl sites for hydroxylation is 2. The summed E-state index contributed by atoms with van der Waals surface area (Å²) >= 11 is 4.15. The van der Waals surface area contributed by atoms with E-state index in [2.05, 4.69) is 22.6 Å². The summed E-state index contributed by atoms with van der Waals surface area (Å²) in [5.74, 6) is 1.49. The predicted molar refractivity (Wildman–Crippen MR) is 66.3 cm³/mol. The fourth-order valence-corrected chi connectivity index (χ4v) is 1.77. The van der Waals surface area contributed by atoms with Crippen LogP contribution in [-0.4, -0.2) is 15.7 Å². The summed E-state index contributed by atoms with van der Waals surface area (Å²) in [5, 5.41) is 0. The molecule has 0 aliphatic carbocycles. The van der Waals surface area contributed by atoms with Gasteiger partial charge in [0.15, 0.2) is 0 Å². The van der Waals surface area contributed by atoms with E-state index in [0.29, 0.717) is 5.56 Å². The Morgan fingerprint density at radius 1 is 1.44 bits per heavy atom. The van der Waals surface area contributed by atoms with Gasteiger partial charge in [0.25, 0.3) is 0 Å². The summed E-state index contributed by atoms with van der Waals surface area (Å²) in [6.45, 7) is 1.75. The number of halogens is 1. The van der Waals surface area contributed by atoms with Crippen molar-refractivity contribution < 1.29 is 4.39 Å². The normalized spacial score (nSPS) is 10.7. The van der Waals surface area contributed by atoms with E-state index in [1.807, 2.05) is 6.07 Å². The minimum Gasteiger partial charge on any atom is -0.342 e. The van der Waals surface area contributed by atoms with E-state index in [4.69, 9.17) is 0 Å². The third-order valence-corrected chi connectivity index (χ3v) is 2.67. The number of aromatic amines is 1. The molecule has 0 saturated heterocycles. The van der Waals surface area contributed by atoms with Crippen molar-refractivity contribution in [1.82, 2.24) is 9.97 Å². The number of nitrogens with zero attached hydrogens (tertiary/aromatic N) is 1. The first-order valence-electron chi connectivity index (χ1n) is 5.12. The number of thiol groups is 1. The molecule has 0 aliphatic heterocycles. The van der Waals surface area contributed by atoms with E-state index in [0.717, 1.165) is 29.3 Å². The topological polar surface area (TPSA) is 28.7 Å². The van der Waals surface area contributed by atoms with Crippen LogP contribution in [0.5, 0.6) is 0 Å². The fourth-order valence-electron chi connectivity index (χ4n) is 1.55. The Kier molecular flexibility index (Phi) is 3.29. The van der Waals surface area contributed by atoms with E-state index in [1.54, 1.807) is 19.2 Å². The summed E-state index contributed by atoms with van der Waals surface area (Å²) in [4.78, 5) is 7.43. The molecule has 1 aromatic carbocycles. The van der Waals surface area contributed by atoms with E-state index in [-0.39, 0.29) is 5.82 Å². The number of aromatic nitrogens is 2. The van der Waals surface area contributed by atoms with Crippen LogP contribution >= 0.6 is 12.6 Å². The van der Waals surface area contributed by atoms with E-state index < -0.39 is 0 Å². The van der Waals surface area contributed by atoms with Crippen LogP contribution in [0.4, 0.5) is 4.39 Å². The number of imidazole rings is 1. The van der Waals surface area contributed by atoms with Crippen molar-refractivity contribution >= 4 is 12.6 Å². The van der Waals surface area contributed by atoms with Crippen LogP contribution < -0.4 is 0 Å². The lowest BCUT2D eigenvalue weighted by atomic mass is 10.1. The van der Waals surface area contributed by atoms with Crippen LogP contribution in [0, 0.1) is 12.7 Å². The minimum atomic E-state index is -0.182. The number of nitrogens with one attached hydrogen (secondary N) is 1. The molecule has 2 aromatic rings. The lowest BCUT2D eigenvalue weighted by Gasteiger charge is -2.00. The van der Waals surface area contributed by atoms with Crippen LogP contribution in [0.2, 0.25) is 0 Å². The van der Waals surface area contributed by atoms with Gasteiger partial charge in [-0.2, -0.15) is 12.6 Å². The molecule has 0 fully saturated rings. The Hall–Kier alpha value is -1.29. The SMILES string of the molecule is Cc1cc(-c2cnc(CCS)[nH]2)ccc1F. The summed E-state index contributed by atoms with van der Waals surface area (Å²) < 4.78 is 13.1. The first-order valence-corrected chi connectivity index (χ1v) is 5.75. The molecule has 0 atom stereocenters. The molecule has 0 radical (unpaired) electrons. The number of rotatable bonds is 3. The largest absolute Gasteiger partial charge is 0.342 e. The quantitative estimate of drug-likeness (QED) is 0.788. The zero-order valence-corrected chi connectivity index (χ0v) is 9.89. The number of H-pyrrole nitrogens is 1. The van der Waals surface area contributed by atoms with Gasteiger partial charge in [-0.3, -0.25) is 0 Å². The summed E-state index contributed by atoms with van der Waals surface area (Å²) in [6.07, 6.45) is 2.58. The van der Waals surface area contributed by atoms with Gasteiger partial charge in [0.1, 0.15) is 11.6 Å². The predicted octanol–water partition coefficient (Wildman–Crippen LogP) is 3.00. The van der Waals surface area contributed by atoms with Gasteiger partial charge in [0.05, 0.1) is 11.9 Å². The van der Waals surface area contributed by atoms with E-state index >= 15 is 0 Å². The Morgan fingerprint density at radius 2 is 2.25 bits per heavy atom. The van der Waals surface area contributed by atoms with Crippen molar-refractivity contribution in [3.63, 3.8) is 0 Å². The van der Waals surface area contributed by atoms with Crippen molar-refractivity contribution in [1.29, 1.82) is 0 Å². The van der Waals surface area contributed by atoms with Gasteiger partial charge in [-0.1, -0.05) is 0 Å². The van der Waals surface area contributed by atoms with Crippen molar-refractivity contribution in [3.05, 3.63) is 41.6 Å². The Balaban J connectivity index is 2.31. The van der Waals surface area contributed by atoms with Gasteiger partial charge < -0.3 is 4.98 Å². The molecule has 0 saturated carbocycles. The molecule has 0 spiro atoms. The van der Waals surface area contributed by atoms with Crippen molar-refractivity contribution in [2.45, 2.75) is 13.3 Å². The zero-order chi connectivity index (χ0) is 11.5.